The van der Waals surface area contributed by atoms with Gasteiger partial charge in [0, 0.05) is 26.1 Å². The number of aliphatic hydroxyl groups is 2. The normalized spacial score (nSPS) is 13.8. The maximum absolute atomic E-state index is 14.1. The molecule has 2 rings (SSSR count). The first-order chi connectivity index (χ1) is 47.0. The van der Waals surface area contributed by atoms with Crippen LogP contribution in [0.15, 0.2) is 64.6 Å². The topological polar surface area (TPSA) is 646 Å². The number of unbranched alkanes of at least 4 members (excludes halogenated alkanes) is 2. The largest absolute Gasteiger partial charge is 0.508 e. The number of phenols is 1. The van der Waals surface area contributed by atoms with Crippen LogP contribution >= 0.6 is 0 Å². The van der Waals surface area contributed by atoms with E-state index in [0.717, 1.165) is 5.56 Å². The molecule has 0 radical (unpaired) electrons. The van der Waals surface area contributed by atoms with Crippen molar-refractivity contribution in [3.05, 3.63) is 65.7 Å². The molecule has 0 bridgehead atoms. The zero-order chi connectivity index (χ0) is 74.0. The van der Waals surface area contributed by atoms with Crippen molar-refractivity contribution < 1.29 is 77.6 Å². The summed E-state index contributed by atoms with van der Waals surface area (Å²) < 4.78 is 0. The summed E-state index contributed by atoms with van der Waals surface area (Å²) in [4.78, 5) is 181. The summed E-state index contributed by atoms with van der Waals surface area (Å²) in [6.07, 6.45) is 0.0123. The molecule has 0 aliphatic heterocycles. The number of aliphatic hydroxyl groups excluding tert-OH is 2. The van der Waals surface area contributed by atoms with Gasteiger partial charge in [0.2, 0.25) is 76.8 Å². The number of benzene rings is 2. The Kier molecular flexibility index (Phi) is 40.1. The van der Waals surface area contributed by atoms with E-state index in [0.29, 0.717) is 37.9 Å². The third-order valence-electron chi connectivity index (χ3n) is 14.5. The van der Waals surface area contributed by atoms with Crippen molar-refractivity contribution in [2.24, 2.45) is 50.1 Å². The fraction of sp³-hybridized carbons (Fsp3) is 0.557. The number of primary amides is 1. The number of hydrogen-bond acceptors (Lipinski definition) is 21. The van der Waals surface area contributed by atoms with E-state index in [2.05, 4.69) is 79.1 Å². The monoisotopic (exact) mass is 1400 g/mol. The van der Waals surface area contributed by atoms with E-state index in [1.165, 1.54) is 32.9 Å². The highest BCUT2D eigenvalue weighted by Crippen LogP contribution is 2.11. The smallest absolute Gasteiger partial charge is 0.245 e. The van der Waals surface area contributed by atoms with Crippen LogP contribution in [0, 0.1) is 0 Å². The van der Waals surface area contributed by atoms with E-state index < -0.39 is 164 Å². The van der Waals surface area contributed by atoms with Crippen molar-refractivity contribution in [1.82, 2.24) is 69.1 Å². The highest BCUT2D eigenvalue weighted by atomic mass is 16.3. The van der Waals surface area contributed by atoms with Crippen LogP contribution in [0.2, 0.25) is 0 Å². The molecule has 0 heterocycles. The summed E-state index contributed by atoms with van der Waals surface area (Å²) in [5, 5.41) is 62.4. The van der Waals surface area contributed by atoms with Crippen molar-refractivity contribution in [1.29, 1.82) is 0 Å². The van der Waals surface area contributed by atoms with E-state index in [-0.39, 0.29) is 95.2 Å². The average molecular weight is 1400 g/mol. The molecule has 0 saturated carbocycles. The lowest BCUT2D eigenvalue weighted by Gasteiger charge is -2.26. The molecule has 0 aliphatic carbocycles. The van der Waals surface area contributed by atoms with Crippen LogP contribution in [-0.2, 0) is 75.3 Å². The van der Waals surface area contributed by atoms with Crippen LogP contribution in [0.1, 0.15) is 96.1 Å². The number of nitrogens with two attached hydrogens (primary N) is 7. The summed E-state index contributed by atoms with van der Waals surface area (Å²) in [6.45, 7) is 1.39. The lowest BCUT2D eigenvalue weighted by atomic mass is 10.0. The van der Waals surface area contributed by atoms with Gasteiger partial charge in [0.1, 0.15) is 60.1 Å². The van der Waals surface area contributed by atoms with E-state index in [4.69, 9.17) is 40.1 Å². The quantitative estimate of drug-likeness (QED) is 0.0166. The second kappa shape index (κ2) is 46.8. The van der Waals surface area contributed by atoms with Crippen LogP contribution < -0.4 is 109 Å². The molecule has 0 aromatic heterocycles. The van der Waals surface area contributed by atoms with Crippen LogP contribution in [0.5, 0.6) is 5.75 Å². The Hall–Kier alpha value is -10.3. The molecule has 2 aromatic rings. The van der Waals surface area contributed by atoms with Gasteiger partial charge >= 0.3 is 0 Å². The average Bonchev–Trinajstić information content (AvgIpc) is 0.896. The van der Waals surface area contributed by atoms with Gasteiger partial charge in [-0.1, -0.05) is 42.5 Å². The summed E-state index contributed by atoms with van der Waals surface area (Å²) in [6, 6.07) is 1.70. The first kappa shape index (κ1) is 84.8. The summed E-state index contributed by atoms with van der Waals surface area (Å²) in [5.41, 5.74) is 40.0. The van der Waals surface area contributed by atoms with E-state index in [1.807, 2.05) is 0 Å². The Morgan fingerprint density at radius 1 is 0.424 bits per heavy atom. The number of carbonyl (C=O) groups is 13. The van der Waals surface area contributed by atoms with E-state index in [1.54, 1.807) is 42.5 Å². The maximum Gasteiger partial charge on any atom is 0.245 e. The molecule has 38 heteroatoms. The Morgan fingerprint density at radius 3 is 1.34 bits per heavy atom. The fourth-order valence-electron chi connectivity index (χ4n) is 9.08. The number of hydrogen-bond donors (Lipinski definition) is 23. The number of carbonyl (C=O) groups excluding carboxylic acids is 13. The molecule has 10 atom stereocenters. The molecule has 0 unspecified atom stereocenters. The van der Waals surface area contributed by atoms with E-state index in [9.17, 15) is 77.6 Å². The Bertz CT molecular complexity index is 3030. The van der Waals surface area contributed by atoms with Crippen LogP contribution in [0.25, 0.3) is 0 Å². The minimum atomic E-state index is -1.73. The predicted octanol–water partition coefficient (Wildman–Crippen LogP) is -9.30. The van der Waals surface area contributed by atoms with Gasteiger partial charge in [-0.15, -0.1) is 0 Å². The first-order valence-corrected chi connectivity index (χ1v) is 32.1. The molecule has 0 aliphatic rings. The molecule has 99 heavy (non-hydrogen) atoms. The number of nitrogens with one attached hydrogen (secondary N) is 13. The maximum atomic E-state index is 14.1. The lowest BCUT2D eigenvalue weighted by Crippen LogP contribution is -2.60. The Labute approximate surface area is 572 Å². The molecule has 0 fully saturated rings. The minimum Gasteiger partial charge on any atom is -0.508 e. The molecule has 13 amide bonds. The van der Waals surface area contributed by atoms with Gasteiger partial charge in [-0.3, -0.25) is 72.3 Å². The van der Waals surface area contributed by atoms with Gasteiger partial charge < -0.3 is 125 Å². The molecule has 2 aromatic carbocycles. The minimum absolute atomic E-state index is 0.0268. The van der Waals surface area contributed by atoms with Gasteiger partial charge in [-0.2, -0.15) is 0 Å². The molecule has 30 N–H and O–H groups in total. The first-order valence-electron chi connectivity index (χ1n) is 32.1. The molecular formula is C61H100N22O16. The number of aliphatic imine (C=N–C) groups is 2. The number of amides is 13. The SMILES string of the molecule is C[C@H](NC(=O)CNC(=O)[C@@H](NC(=O)[C@H](Cc1ccccc1)NC(=O)CNC(=O)CNC(=O)CNCc1ccc(O)cc1)[C@@H](C)O)C(=O)N[C@@H](CCCN=C(N)N)C(=O)N[C@@H](CCCCN)C(=O)N[C@@H](CO)C(=O)N[C@@H](C)C(=O)N[C@@H](CCCN=C(N)N)C(=O)N[C@@H](CCCCN)C(N)=O. The van der Waals surface area contributed by atoms with Crippen molar-refractivity contribution in [2.45, 2.75) is 158 Å². The van der Waals surface area contributed by atoms with Gasteiger partial charge in [0.05, 0.1) is 38.9 Å². The summed E-state index contributed by atoms with van der Waals surface area (Å²) >= 11 is 0. The summed E-state index contributed by atoms with van der Waals surface area (Å²) in [5.74, 6) is -11.9. The van der Waals surface area contributed by atoms with E-state index >= 15 is 0 Å². The third kappa shape index (κ3) is 35.5. The summed E-state index contributed by atoms with van der Waals surface area (Å²) in [7, 11) is 0. The van der Waals surface area contributed by atoms with Crippen molar-refractivity contribution in [2.75, 3.05) is 59.0 Å². The highest BCUT2D eigenvalue weighted by molar-refractivity contribution is 5.99. The van der Waals surface area contributed by atoms with Crippen LogP contribution in [0.4, 0.5) is 0 Å². The van der Waals surface area contributed by atoms with Gasteiger partial charge in [-0.25, -0.2) is 0 Å². The van der Waals surface area contributed by atoms with Crippen molar-refractivity contribution in [3.63, 3.8) is 0 Å². The highest BCUT2D eigenvalue weighted by Gasteiger charge is 2.34. The molecule has 550 valence electrons. The van der Waals surface area contributed by atoms with Crippen LogP contribution in [-0.4, -0.2) is 223 Å². The number of nitrogens with zero attached hydrogens (tertiary/aromatic N) is 2. The number of rotatable bonds is 48. The Balaban J connectivity index is 2.16. The standard InChI is InChI=1S/C61H100N22O16/c1-34(75-48(89)32-74-59(99)50(36(3)85)83-57(97)44(27-37-13-5-4-6-14-37)77-49(90)31-73-47(88)30-72-46(87)29-69-28-38-19-21-39(86)22-20-38)52(92)79-43(18-12-26-71-61(67)68)55(95)81-41(16-8-10-24-63)56(96)82-45(33-84)58(98)76-35(2)53(93)80-42(17-11-25-70-60(65)66)54(94)78-40(51(64)91)15-7-9-23-62/h4-6,13-14,19-22,34-36,40-45,50,69,84-86H,7-12,15-18,23-33,62-63H2,1-3H3,(H2,64,91)(H,72,87)(H,73,88)(H,74,99)(H,75,89)(H,76,98)(H,77,90)(H,78,94)(H,79,92)(H,80,93)(H,81,95)(H,82,96)(H,83,97)(H4,65,66,70)(H4,67,68,71)/t34-,35-,36+,40-,41-,42-,43-,44-,45-,50-/m0/s1. The number of aromatic hydroxyl groups is 1. The third-order valence-corrected chi connectivity index (χ3v) is 14.5. The molecule has 38 nitrogen and oxygen atoms in total. The Morgan fingerprint density at radius 2 is 0.848 bits per heavy atom. The zero-order valence-corrected chi connectivity index (χ0v) is 55.9. The molecule has 0 spiro atoms. The van der Waals surface area contributed by atoms with Crippen LogP contribution in [0.3, 0.4) is 0 Å². The zero-order valence-electron chi connectivity index (χ0n) is 55.9. The molecule has 0 saturated heterocycles. The van der Waals surface area contributed by atoms with Gasteiger partial charge in [-0.05, 0) is 121 Å². The fourth-order valence-corrected chi connectivity index (χ4v) is 9.08. The van der Waals surface area contributed by atoms with Gasteiger partial charge in [0.15, 0.2) is 11.9 Å². The second-order valence-electron chi connectivity index (χ2n) is 23.0. The second-order valence-corrected chi connectivity index (χ2v) is 23.0. The van der Waals surface area contributed by atoms with Crippen molar-refractivity contribution in [3.8, 4) is 5.75 Å². The number of phenolic OH excluding ortho intramolecular Hbond substituents is 1. The van der Waals surface area contributed by atoms with Gasteiger partial charge in [0.25, 0.3) is 0 Å². The van der Waals surface area contributed by atoms with Crippen molar-refractivity contribution >= 4 is 88.7 Å². The predicted molar refractivity (Wildman–Crippen MR) is 361 cm³/mol. The number of guanidine groups is 2. The lowest BCUT2D eigenvalue weighted by molar-refractivity contribution is -0.136. The molecular weight excluding hydrogens is 1300 g/mol.